The lowest BCUT2D eigenvalue weighted by Crippen LogP contribution is -2.46. The number of hydrogen-bond donors (Lipinski definition) is 1. The van der Waals surface area contributed by atoms with E-state index in [9.17, 15) is 0 Å². The second-order valence-corrected chi connectivity index (χ2v) is 8.05. The summed E-state index contributed by atoms with van der Waals surface area (Å²) in [6.07, 6.45) is 0. The number of aryl methyl sites for hydroxylation is 1. The van der Waals surface area contributed by atoms with E-state index in [0.29, 0.717) is 0 Å². The Hall–Kier alpha value is -2.04. The predicted molar refractivity (Wildman–Crippen MR) is 144 cm³/mol. The van der Waals surface area contributed by atoms with Crippen LogP contribution < -0.4 is 14.8 Å². The summed E-state index contributed by atoms with van der Waals surface area (Å²) in [7, 11) is 7.22. The first kappa shape index (κ1) is 27.2. The minimum absolute atomic E-state index is 0. The quantitative estimate of drug-likeness (QED) is 0.298. The number of nitrogens with zero attached hydrogens (tertiary/aromatic N) is 3. The van der Waals surface area contributed by atoms with Gasteiger partial charge in [0, 0.05) is 40.3 Å². The zero-order valence-corrected chi connectivity index (χ0v) is 22.7. The molecule has 0 spiro atoms. The van der Waals surface area contributed by atoms with E-state index in [1.54, 1.807) is 14.2 Å². The van der Waals surface area contributed by atoms with E-state index in [1.165, 1.54) is 16.7 Å². The highest BCUT2D eigenvalue weighted by Crippen LogP contribution is 2.32. The van der Waals surface area contributed by atoms with Crippen LogP contribution in [0.15, 0.2) is 47.5 Å². The van der Waals surface area contributed by atoms with Gasteiger partial charge in [0.25, 0.3) is 0 Å². The maximum absolute atomic E-state index is 5.59. The van der Waals surface area contributed by atoms with Crippen LogP contribution >= 0.6 is 24.0 Å². The molecule has 1 N–H and O–H groups in total. The van der Waals surface area contributed by atoms with Gasteiger partial charge in [-0.15, -0.1) is 24.0 Å². The van der Waals surface area contributed by atoms with Gasteiger partial charge in [-0.2, -0.15) is 0 Å². The molecule has 8 heteroatoms. The van der Waals surface area contributed by atoms with Crippen LogP contribution in [0.2, 0.25) is 0 Å². The van der Waals surface area contributed by atoms with Crippen LogP contribution in [0.4, 0.5) is 0 Å². The van der Waals surface area contributed by atoms with Crippen molar-refractivity contribution in [2.24, 2.45) is 4.99 Å². The number of ether oxygens (including phenoxy) is 3. The normalized spacial score (nSPS) is 15.4. The lowest BCUT2D eigenvalue weighted by atomic mass is 10.0. The monoisotopic (exact) mass is 568 g/mol. The van der Waals surface area contributed by atoms with E-state index in [-0.39, 0.29) is 30.0 Å². The minimum Gasteiger partial charge on any atom is -0.493 e. The zero-order chi connectivity index (χ0) is 22.9. The van der Waals surface area contributed by atoms with Crippen LogP contribution in [-0.2, 0) is 11.3 Å². The number of halogens is 1. The van der Waals surface area contributed by atoms with Gasteiger partial charge >= 0.3 is 0 Å². The van der Waals surface area contributed by atoms with Gasteiger partial charge in [0.2, 0.25) is 0 Å². The van der Waals surface area contributed by atoms with Crippen LogP contribution in [-0.4, -0.2) is 76.9 Å². The summed E-state index contributed by atoms with van der Waals surface area (Å²) >= 11 is 0. The Bertz CT molecular complexity index is 886. The average molecular weight is 569 g/mol. The summed E-state index contributed by atoms with van der Waals surface area (Å²) in [4.78, 5) is 9.11. The molecule has 0 aliphatic carbocycles. The van der Waals surface area contributed by atoms with Gasteiger partial charge in [-0.3, -0.25) is 9.89 Å². The minimum atomic E-state index is 0. The highest BCUT2D eigenvalue weighted by molar-refractivity contribution is 14.0. The van der Waals surface area contributed by atoms with Crippen molar-refractivity contribution in [2.45, 2.75) is 19.5 Å². The Kier molecular flexibility index (Phi) is 11.2. The highest BCUT2D eigenvalue weighted by Gasteiger charge is 2.24. The van der Waals surface area contributed by atoms with Gasteiger partial charge in [-0.1, -0.05) is 35.9 Å². The molecule has 0 radical (unpaired) electrons. The van der Waals surface area contributed by atoms with Crippen molar-refractivity contribution in [3.63, 3.8) is 0 Å². The van der Waals surface area contributed by atoms with Crippen molar-refractivity contribution < 1.29 is 14.2 Å². The first-order valence-corrected chi connectivity index (χ1v) is 11.1. The molecule has 1 aliphatic heterocycles. The highest BCUT2D eigenvalue weighted by atomic mass is 127. The van der Waals surface area contributed by atoms with Crippen LogP contribution in [0.1, 0.15) is 22.7 Å². The summed E-state index contributed by atoms with van der Waals surface area (Å²) < 4.78 is 16.6. The van der Waals surface area contributed by atoms with Crippen molar-refractivity contribution in [3.8, 4) is 11.5 Å². The third-order valence-electron chi connectivity index (χ3n) is 5.85. The molecule has 1 fully saturated rings. The molecule has 1 aliphatic rings. The van der Waals surface area contributed by atoms with E-state index in [4.69, 9.17) is 14.2 Å². The largest absolute Gasteiger partial charge is 0.493 e. The van der Waals surface area contributed by atoms with Crippen LogP contribution in [0, 0.1) is 6.92 Å². The molecule has 0 saturated carbocycles. The maximum atomic E-state index is 5.59. The standard InChI is InChI=1S/C25H36N4O3.HI/c1-19-6-8-20(9-7-19)18-28(3)25(26-2)27-17-22(29-12-14-32-15-13-29)21-10-11-23(30-4)24(16-21)31-5;/h6-11,16,22H,12-15,17-18H2,1-5H3,(H,26,27);1H. The fourth-order valence-corrected chi connectivity index (χ4v) is 4.02. The molecule has 1 unspecified atom stereocenters. The van der Waals surface area contributed by atoms with Crippen molar-refractivity contribution in [1.29, 1.82) is 0 Å². The average Bonchev–Trinajstić information content (AvgIpc) is 2.83. The van der Waals surface area contributed by atoms with Gasteiger partial charge in [-0.05, 0) is 30.2 Å². The molecule has 1 heterocycles. The van der Waals surface area contributed by atoms with Gasteiger partial charge in [0.05, 0.1) is 33.5 Å². The summed E-state index contributed by atoms with van der Waals surface area (Å²) in [5, 5.41) is 3.58. The molecule has 0 bridgehead atoms. The van der Waals surface area contributed by atoms with E-state index >= 15 is 0 Å². The Morgan fingerprint density at radius 2 is 1.76 bits per heavy atom. The molecule has 1 atom stereocenters. The number of guanidine groups is 1. The zero-order valence-electron chi connectivity index (χ0n) is 20.3. The summed E-state index contributed by atoms with van der Waals surface area (Å²) in [5.41, 5.74) is 3.70. The molecule has 0 aromatic heterocycles. The van der Waals surface area contributed by atoms with E-state index in [2.05, 4.69) is 70.5 Å². The Morgan fingerprint density at radius 3 is 2.36 bits per heavy atom. The Morgan fingerprint density at radius 1 is 1.09 bits per heavy atom. The molecule has 182 valence electrons. The van der Waals surface area contributed by atoms with Gasteiger partial charge < -0.3 is 24.4 Å². The number of hydrogen-bond acceptors (Lipinski definition) is 5. The van der Waals surface area contributed by atoms with E-state index in [0.717, 1.165) is 56.9 Å². The fourth-order valence-electron chi connectivity index (χ4n) is 4.02. The summed E-state index contributed by atoms with van der Waals surface area (Å²) in [6.45, 7) is 6.88. The van der Waals surface area contributed by atoms with Crippen molar-refractivity contribution in [2.75, 3.05) is 61.2 Å². The molecular formula is C25H37IN4O3. The lowest BCUT2D eigenvalue weighted by molar-refractivity contribution is 0.0168. The smallest absolute Gasteiger partial charge is 0.193 e. The number of methoxy groups -OCH3 is 2. The molecule has 2 aromatic rings. The maximum Gasteiger partial charge on any atom is 0.193 e. The molecule has 3 rings (SSSR count). The van der Waals surface area contributed by atoms with E-state index in [1.807, 2.05) is 13.1 Å². The first-order chi connectivity index (χ1) is 15.5. The summed E-state index contributed by atoms with van der Waals surface area (Å²) in [6, 6.07) is 14.9. The lowest BCUT2D eigenvalue weighted by Gasteiger charge is -2.36. The van der Waals surface area contributed by atoms with Crippen molar-refractivity contribution in [3.05, 3.63) is 59.2 Å². The van der Waals surface area contributed by atoms with Gasteiger partial charge in [0.1, 0.15) is 0 Å². The summed E-state index contributed by atoms with van der Waals surface area (Å²) in [5.74, 6) is 2.34. The number of rotatable bonds is 8. The number of benzene rings is 2. The number of morpholine rings is 1. The third kappa shape index (κ3) is 7.48. The SMILES string of the molecule is CN=C(NCC(c1ccc(OC)c(OC)c1)N1CCOCC1)N(C)Cc1ccc(C)cc1.I. The van der Waals surface area contributed by atoms with Crippen LogP contribution in [0.25, 0.3) is 0 Å². The molecule has 1 saturated heterocycles. The topological polar surface area (TPSA) is 58.6 Å². The Balaban J connectivity index is 0.00000385. The molecule has 33 heavy (non-hydrogen) atoms. The first-order valence-electron chi connectivity index (χ1n) is 11.1. The third-order valence-corrected chi connectivity index (χ3v) is 5.85. The molecule has 2 aromatic carbocycles. The predicted octanol–water partition coefficient (Wildman–Crippen LogP) is 3.71. The van der Waals surface area contributed by atoms with Crippen molar-refractivity contribution in [1.82, 2.24) is 15.1 Å². The fraction of sp³-hybridized carbons (Fsp3) is 0.480. The van der Waals surface area contributed by atoms with Crippen LogP contribution in [0.3, 0.4) is 0 Å². The van der Waals surface area contributed by atoms with Gasteiger partial charge in [0.15, 0.2) is 17.5 Å². The second kappa shape index (κ2) is 13.6. The molecular weight excluding hydrogens is 531 g/mol. The molecule has 7 nitrogen and oxygen atoms in total. The number of nitrogens with one attached hydrogen (secondary N) is 1. The molecule has 0 amide bonds. The second-order valence-electron chi connectivity index (χ2n) is 8.05. The Labute approximate surface area is 215 Å². The van der Waals surface area contributed by atoms with E-state index < -0.39 is 0 Å². The van der Waals surface area contributed by atoms with Gasteiger partial charge in [-0.25, -0.2) is 0 Å². The van der Waals surface area contributed by atoms with Crippen molar-refractivity contribution >= 4 is 29.9 Å². The number of aliphatic imine (C=N–C) groups is 1. The van der Waals surface area contributed by atoms with Crippen LogP contribution in [0.5, 0.6) is 11.5 Å².